The number of hydrogen-bond donors (Lipinski definition) is 2. The number of nitrogens with zero attached hydrogens (tertiary/aromatic N) is 2. The van der Waals surface area contributed by atoms with Crippen molar-refractivity contribution < 1.29 is 14.3 Å². The van der Waals surface area contributed by atoms with Crippen molar-refractivity contribution in [3.63, 3.8) is 0 Å². The summed E-state index contributed by atoms with van der Waals surface area (Å²) in [7, 11) is 0. The number of aryl methyl sites for hydroxylation is 2. The topological polar surface area (TPSA) is 92.0 Å². The first-order valence-electron chi connectivity index (χ1n) is 13.9. The van der Waals surface area contributed by atoms with Gasteiger partial charge in [-0.15, -0.1) is 0 Å². The van der Waals surface area contributed by atoms with Gasteiger partial charge in [-0.05, 0) is 111 Å². The van der Waals surface area contributed by atoms with Gasteiger partial charge in [0.25, 0.3) is 0 Å². The monoisotopic (exact) mass is 507 g/mol. The average molecular weight is 508 g/mol. The average Bonchev–Trinajstić information content (AvgIpc) is 3.58. The van der Waals surface area contributed by atoms with Crippen molar-refractivity contribution in [1.29, 1.82) is 0 Å². The summed E-state index contributed by atoms with van der Waals surface area (Å²) >= 11 is 0. The Hall–Kier alpha value is -3.67. The third-order valence-corrected chi connectivity index (χ3v) is 9.38. The molecule has 0 spiro atoms. The molecule has 2 heterocycles. The number of carbonyl (C=O) groups is 1. The van der Waals surface area contributed by atoms with Gasteiger partial charge < -0.3 is 14.5 Å². The third-order valence-electron chi connectivity index (χ3n) is 9.38. The number of H-pyrrole nitrogens is 1. The fraction of sp³-hybridized carbons (Fsp3) is 0.406. The Balaban J connectivity index is 1.09. The fourth-order valence-corrected chi connectivity index (χ4v) is 7.99. The van der Waals surface area contributed by atoms with E-state index in [0.29, 0.717) is 28.3 Å². The lowest BCUT2D eigenvalue weighted by Crippen LogP contribution is -2.46. The fourth-order valence-electron chi connectivity index (χ4n) is 7.99. The molecule has 4 aliphatic carbocycles. The molecule has 6 nitrogen and oxygen atoms in total. The molecule has 0 aliphatic heterocycles. The summed E-state index contributed by atoms with van der Waals surface area (Å²) in [6.07, 6.45) is 14.6. The Bertz CT molecular complexity index is 1480. The molecule has 4 fully saturated rings. The van der Waals surface area contributed by atoms with E-state index < -0.39 is 5.97 Å². The number of hydrogen-bond acceptors (Lipinski definition) is 4. The van der Waals surface area contributed by atoms with Crippen molar-refractivity contribution in [2.75, 3.05) is 0 Å². The zero-order chi connectivity index (χ0) is 25.9. The van der Waals surface area contributed by atoms with Gasteiger partial charge in [-0.1, -0.05) is 24.3 Å². The summed E-state index contributed by atoms with van der Waals surface area (Å²) in [6.45, 7) is 2.12. The van der Waals surface area contributed by atoms with E-state index in [-0.39, 0.29) is 5.56 Å². The number of nitrogens with one attached hydrogen (secondary N) is 1. The van der Waals surface area contributed by atoms with Crippen LogP contribution in [0.25, 0.3) is 34.2 Å². The minimum absolute atomic E-state index is 0.217. The van der Waals surface area contributed by atoms with Gasteiger partial charge in [0.05, 0.1) is 11.8 Å². The Morgan fingerprint density at radius 3 is 2.58 bits per heavy atom. The number of carboxylic acid groups (broad SMARTS) is 1. The summed E-state index contributed by atoms with van der Waals surface area (Å²) in [4.78, 5) is 24.0. The lowest BCUT2D eigenvalue weighted by Gasteiger charge is -2.57. The molecule has 38 heavy (non-hydrogen) atoms. The summed E-state index contributed by atoms with van der Waals surface area (Å²) in [5, 5.41) is 9.29. The molecular formula is C32H33N3O3. The quantitative estimate of drug-likeness (QED) is 0.269. The van der Waals surface area contributed by atoms with Crippen LogP contribution in [-0.2, 0) is 6.42 Å². The maximum absolute atomic E-state index is 11.3. The Morgan fingerprint density at radius 1 is 1.08 bits per heavy atom. The van der Waals surface area contributed by atoms with E-state index in [1.54, 1.807) is 30.7 Å². The molecule has 2 aromatic heterocycles. The molecule has 6 heteroatoms. The molecule has 2 N–H and O–H groups in total. The number of aromatic nitrogens is 3. The van der Waals surface area contributed by atoms with Gasteiger partial charge in [-0.3, -0.25) is 0 Å². The van der Waals surface area contributed by atoms with E-state index in [0.717, 1.165) is 35.6 Å². The normalized spacial score (nSPS) is 25.7. The maximum atomic E-state index is 11.3. The van der Waals surface area contributed by atoms with Crippen LogP contribution in [0.2, 0.25) is 0 Å². The smallest absolute Gasteiger partial charge is 0.335 e. The van der Waals surface area contributed by atoms with E-state index in [1.807, 2.05) is 6.07 Å². The highest BCUT2D eigenvalue weighted by molar-refractivity contribution is 5.89. The summed E-state index contributed by atoms with van der Waals surface area (Å²) in [6, 6.07) is 13.5. The molecule has 8 rings (SSSR count). The van der Waals surface area contributed by atoms with E-state index in [9.17, 15) is 9.90 Å². The number of carboxylic acids is 1. The van der Waals surface area contributed by atoms with Crippen LogP contribution in [0.15, 0.2) is 59.3 Å². The first-order chi connectivity index (χ1) is 18.4. The molecule has 0 saturated heterocycles. The molecule has 4 bridgehead atoms. The molecular weight excluding hydrogens is 474 g/mol. The van der Waals surface area contributed by atoms with Gasteiger partial charge in [-0.25, -0.2) is 14.8 Å². The Kier molecular flexibility index (Phi) is 5.53. The van der Waals surface area contributed by atoms with Crippen LogP contribution in [0.3, 0.4) is 0 Å². The van der Waals surface area contributed by atoms with Gasteiger partial charge in [0.2, 0.25) is 5.89 Å². The molecule has 0 amide bonds. The predicted octanol–water partition coefficient (Wildman–Crippen LogP) is 7.55. The van der Waals surface area contributed by atoms with E-state index in [2.05, 4.69) is 40.1 Å². The van der Waals surface area contributed by atoms with E-state index >= 15 is 0 Å². The highest BCUT2D eigenvalue weighted by Gasteiger charge is 2.50. The van der Waals surface area contributed by atoms with Crippen LogP contribution in [-0.4, -0.2) is 26.0 Å². The minimum atomic E-state index is -0.968. The van der Waals surface area contributed by atoms with E-state index in [1.165, 1.54) is 56.1 Å². The highest BCUT2D eigenvalue weighted by Crippen LogP contribution is 2.61. The predicted molar refractivity (Wildman–Crippen MR) is 146 cm³/mol. The van der Waals surface area contributed by atoms with Gasteiger partial charge in [0, 0.05) is 11.1 Å². The van der Waals surface area contributed by atoms with Crippen LogP contribution in [0.5, 0.6) is 0 Å². The number of oxazole rings is 1. The van der Waals surface area contributed by atoms with Crippen molar-refractivity contribution in [3.05, 3.63) is 71.6 Å². The number of rotatable bonds is 7. The summed E-state index contributed by atoms with van der Waals surface area (Å²) < 4.78 is 5.73. The van der Waals surface area contributed by atoms with Gasteiger partial charge in [0.1, 0.15) is 23.5 Å². The standard InChI is InChI=1S/C32H33N3O3/c1-19-5-6-20(7-8-32-14-21-9-22(15-32)11-23(10-21)16-32)12-26(19)29-33-17-27(34-29)30-35-28(18-38-30)24-3-2-4-25(13-24)31(36)37/h2-6,12-13,17-18,21-23H,7-11,14-16H2,1H3,(H,33,34)(H,36,37). The SMILES string of the molecule is Cc1ccc(CCC23CC4CC(CC(C4)C2)C3)cc1-c1ncc(-c2nc(-c3cccc(C(=O)O)c3)co2)[nH]1. The number of aromatic carboxylic acids is 1. The Morgan fingerprint density at radius 2 is 1.84 bits per heavy atom. The van der Waals surface area contributed by atoms with Crippen molar-refractivity contribution in [3.8, 4) is 34.2 Å². The second kappa shape index (κ2) is 8.97. The van der Waals surface area contributed by atoms with Crippen molar-refractivity contribution in [2.24, 2.45) is 23.2 Å². The molecule has 0 atom stereocenters. The third kappa shape index (κ3) is 4.26. The largest absolute Gasteiger partial charge is 0.478 e. The van der Waals surface area contributed by atoms with Crippen molar-refractivity contribution in [1.82, 2.24) is 15.0 Å². The van der Waals surface area contributed by atoms with Crippen LogP contribution in [0, 0.1) is 30.1 Å². The van der Waals surface area contributed by atoms with Crippen LogP contribution in [0.4, 0.5) is 0 Å². The number of imidazole rings is 1. The number of aromatic amines is 1. The zero-order valence-corrected chi connectivity index (χ0v) is 21.7. The summed E-state index contributed by atoms with van der Waals surface area (Å²) in [5.41, 5.74) is 6.46. The van der Waals surface area contributed by atoms with Crippen LogP contribution < -0.4 is 0 Å². The first-order valence-corrected chi connectivity index (χ1v) is 13.9. The summed E-state index contributed by atoms with van der Waals surface area (Å²) in [5.74, 6) is 3.25. The van der Waals surface area contributed by atoms with Crippen molar-refractivity contribution in [2.45, 2.75) is 58.3 Å². The number of benzene rings is 2. The Labute approximate surface area is 222 Å². The lowest BCUT2D eigenvalue weighted by molar-refractivity contribution is -0.0569. The molecule has 2 aromatic carbocycles. The lowest BCUT2D eigenvalue weighted by atomic mass is 9.48. The first kappa shape index (κ1) is 23.4. The highest BCUT2D eigenvalue weighted by atomic mass is 16.4. The van der Waals surface area contributed by atoms with Gasteiger partial charge in [-0.2, -0.15) is 0 Å². The molecule has 194 valence electrons. The molecule has 4 aromatic rings. The molecule has 4 aliphatic rings. The zero-order valence-electron chi connectivity index (χ0n) is 21.7. The maximum Gasteiger partial charge on any atom is 0.335 e. The second-order valence-corrected chi connectivity index (χ2v) is 12.1. The molecule has 0 radical (unpaired) electrons. The van der Waals surface area contributed by atoms with Gasteiger partial charge >= 0.3 is 5.97 Å². The minimum Gasteiger partial charge on any atom is -0.478 e. The van der Waals surface area contributed by atoms with Crippen molar-refractivity contribution >= 4 is 5.97 Å². The molecule has 4 saturated carbocycles. The van der Waals surface area contributed by atoms with Crippen LogP contribution >= 0.6 is 0 Å². The van der Waals surface area contributed by atoms with Crippen LogP contribution in [0.1, 0.15) is 66.4 Å². The van der Waals surface area contributed by atoms with E-state index in [4.69, 9.17) is 4.42 Å². The molecule has 0 unspecified atom stereocenters. The van der Waals surface area contributed by atoms with Gasteiger partial charge in [0.15, 0.2) is 0 Å². The second-order valence-electron chi connectivity index (χ2n) is 12.1.